The van der Waals surface area contributed by atoms with Crippen LogP contribution in [0.15, 0.2) is 24.3 Å². The summed E-state index contributed by atoms with van der Waals surface area (Å²) in [5.41, 5.74) is 0.521. The molecule has 0 unspecified atom stereocenters. The molecule has 0 atom stereocenters. The lowest BCUT2D eigenvalue weighted by atomic mass is 10.1. The maximum atomic E-state index is 11.8. The van der Waals surface area contributed by atoms with Crippen LogP contribution in [0.5, 0.6) is 0 Å². The topological polar surface area (TPSA) is 83.5 Å². The summed E-state index contributed by atoms with van der Waals surface area (Å²) in [4.78, 5) is 10.8. The van der Waals surface area contributed by atoms with E-state index in [0.29, 0.717) is 24.9 Å². The van der Waals surface area contributed by atoms with Crippen molar-refractivity contribution in [1.29, 1.82) is 0 Å². The van der Waals surface area contributed by atoms with Gasteiger partial charge in [-0.05, 0) is 30.5 Å². The van der Waals surface area contributed by atoms with Crippen LogP contribution in [0.3, 0.4) is 0 Å². The first kappa shape index (κ1) is 16.2. The molecule has 0 aliphatic rings. The van der Waals surface area contributed by atoms with E-state index in [1.165, 1.54) is 18.2 Å². The van der Waals surface area contributed by atoms with Gasteiger partial charge in [0.1, 0.15) is 0 Å². The van der Waals surface area contributed by atoms with E-state index in [9.17, 15) is 13.2 Å². The van der Waals surface area contributed by atoms with Crippen LogP contribution < -0.4 is 4.72 Å². The summed E-state index contributed by atoms with van der Waals surface area (Å²) < 4.78 is 26.1. The van der Waals surface area contributed by atoms with Crippen molar-refractivity contribution >= 4 is 16.0 Å². The highest BCUT2D eigenvalue weighted by molar-refractivity contribution is 7.88. The first-order valence-corrected chi connectivity index (χ1v) is 7.83. The fourth-order valence-corrected chi connectivity index (χ4v) is 2.82. The number of aromatic carboxylic acids is 1. The van der Waals surface area contributed by atoms with Crippen molar-refractivity contribution in [2.75, 3.05) is 6.54 Å². The number of nitrogens with one attached hydrogen (secondary N) is 1. The van der Waals surface area contributed by atoms with Crippen LogP contribution in [0, 0.1) is 12.3 Å². The Kier molecular flexibility index (Phi) is 6.22. The van der Waals surface area contributed by atoms with Gasteiger partial charge in [-0.15, -0.1) is 12.3 Å². The second-order valence-corrected chi connectivity index (χ2v) is 6.13. The maximum Gasteiger partial charge on any atom is 0.335 e. The van der Waals surface area contributed by atoms with Gasteiger partial charge in [0.2, 0.25) is 10.0 Å². The lowest BCUT2D eigenvalue weighted by molar-refractivity contribution is 0.0696. The number of hydrogen-bond acceptors (Lipinski definition) is 3. The molecule has 5 nitrogen and oxygen atoms in total. The van der Waals surface area contributed by atoms with Gasteiger partial charge in [0.25, 0.3) is 0 Å². The van der Waals surface area contributed by atoms with Crippen LogP contribution in [0.2, 0.25) is 0 Å². The van der Waals surface area contributed by atoms with E-state index in [0.717, 1.165) is 6.42 Å². The molecule has 2 N–H and O–H groups in total. The van der Waals surface area contributed by atoms with E-state index in [1.54, 1.807) is 6.07 Å². The van der Waals surface area contributed by atoms with Crippen molar-refractivity contribution in [3.05, 3.63) is 35.4 Å². The summed E-state index contributed by atoms with van der Waals surface area (Å²) in [5, 5.41) is 8.85. The average molecular weight is 295 g/mol. The fourth-order valence-electron chi connectivity index (χ4n) is 1.64. The molecule has 0 saturated heterocycles. The Bertz CT molecular complexity index is 602. The minimum atomic E-state index is -3.46. The predicted molar refractivity (Wildman–Crippen MR) is 76.7 cm³/mol. The van der Waals surface area contributed by atoms with E-state index >= 15 is 0 Å². The van der Waals surface area contributed by atoms with Crippen molar-refractivity contribution < 1.29 is 18.3 Å². The third-order valence-electron chi connectivity index (χ3n) is 2.60. The monoisotopic (exact) mass is 295 g/mol. The molecule has 1 rings (SSSR count). The van der Waals surface area contributed by atoms with Crippen molar-refractivity contribution in [3.8, 4) is 12.3 Å². The summed E-state index contributed by atoms with van der Waals surface area (Å²) in [6.45, 7) is 0.336. The van der Waals surface area contributed by atoms with Crippen molar-refractivity contribution in [2.45, 2.75) is 25.0 Å². The molecule has 1 aromatic carbocycles. The summed E-state index contributed by atoms with van der Waals surface area (Å²) in [6, 6.07) is 5.90. The summed E-state index contributed by atoms with van der Waals surface area (Å²) in [5.74, 6) is 1.18. The number of unbranched alkanes of at least 4 members (excludes halogenated alkanes) is 2. The summed E-state index contributed by atoms with van der Waals surface area (Å²) in [7, 11) is -3.46. The number of carboxylic acid groups (broad SMARTS) is 1. The molecule has 0 amide bonds. The number of hydrogen-bond donors (Lipinski definition) is 2. The number of carbonyl (C=O) groups is 1. The molecule has 0 aliphatic carbocycles. The Morgan fingerprint density at radius 1 is 1.35 bits per heavy atom. The van der Waals surface area contributed by atoms with E-state index in [-0.39, 0.29) is 11.3 Å². The molecule has 1 aromatic rings. The second kappa shape index (κ2) is 7.68. The van der Waals surface area contributed by atoms with Gasteiger partial charge in [-0.3, -0.25) is 0 Å². The molecule has 20 heavy (non-hydrogen) atoms. The van der Waals surface area contributed by atoms with Gasteiger partial charge in [-0.25, -0.2) is 17.9 Å². The molecule has 0 aliphatic heterocycles. The predicted octanol–water partition coefficient (Wildman–Crippen LogP) is 1.61. The molecule has 6 heteroatoms. The smallest absolute Gasteiger partial charge is 0.335 e. The zero-order valence-electron chi connectivity index (χ0n) is 11.0. The SMILES string of the molecule is C#CCCCCNS(=O)(=O)Cc1cccc(C(=O)O)c1. The minimum absolute atomic E-state index is 0.0757. The van der Waals surface area contributed by atoms with Crippen molar-refractivity contribution in [1.82, 2.24) is 4.72 Å². The number of rotatable bonds is 8. The van der Waals surface area contributed by atoms with E-state index in [4.69, 9.17) is 11.5 Å². The van der Waals surface area contributed by atoms with Gasteiger partial charge in [-0.1, -0.05) is 12.1 Å². The summed E-state index contributed by atoms with van der Waals surface area (Å²) in [6.07, 6.45) is 7.18. The number of terminal acetylenes is 1. The third kappa shape index (κ3) is 5.87. The zero-order valence-corrected chi connectivity index (χ0v) is 11.8. The second-order valence-electron chi connectivity index (χ2n) is 4.32. The van der Waals surface area contributed by atoms with Crippen LogP contribution in [0.1, 0.15) is 35.2 Å². The third-order valence-corrected chi connectivity index (χ3v) is 3.96. The molecule has 0 heterocycles. The van der Waals surface area contributed by atoms with Gasteiger partial charge >= 0.3 is 5.97 Å². The molecule has 0 aromatic heterocycles. The normalized spacial score (nSPS) is 10.9. The molecule has 0 saturated carbocycles. The molecule has 0 radical (unpaired) electrons. The molecule has 0 spiro atoms. The molecular formula is C14H17NO4S. The molecule has 0 fully saturated rings. The zero-order chi connectivity index (χ0) is 15.0. The molecule has 108 valence electrons. The molecular weight excluding hydrogens is 278 g/mol. The number of carboxylic acids is 1. The Hall–Kier alpha value is -1.84. The number of benzene rings is 1. The van der Waals surface area contributed by atoms with Crippen molar-refractivity contribution in [2.24, 2.45) is 0 Å². The highest BCUT2D eigenvalue weighted by Crippen LogP contribution is 2.09. The largest absolute Gasteiger partial charge is 0.478 e. The Morgan fingerprint density at radius 3 is 2.75 bits per heavy atom. The highest BCUT2D eigenvalue weighted by atomic mass is 32.2. The van der Waals surface area contributed by atoms with Gasteiger partial charge in [0.15, 0.2) is 0 Å². The first-order chi connectivity index (χ1) is 9.44. The van der Waals surface area contributed by atoms with E-state index in [2.05, 4.69) is 10.6 Å². The van der Waals surface area contributed by atoms with Crippen LogP contribution in [0.25, 0.3) is 0 Å². The van der Waals surface area contributed by atoms with Crippen LogP contribution >= 0.6 is 0 Å². The minimum Gasteiger partial charge on any atom is -0.478 e. The molecule has 0 bridgehead atoms. The van der Waals surface area contributed by atoms with Crippen LogP contribution in [-0.2, 0) is 15.8 Å². The quantitative estimate of drug-likeness (QED) is 0.564. The lowest BCUT2D eigenvalue weighted by Gasteiger charge is -2.07. The van der Waals surface area contributed by atoms with Gasteiger partial charge in [-0.2, -0.15) is 0 Å². The Morgan fingerprint density at radius 2 is 2.10 bits per heavy atom. The lowest BCUT2D eigenvalue weighted by Crippen LogP contribution is -2.26. The first-order valence-electron chi connectivity index (χ1n) is 6.17. The number of sulfonamides is 1. The van der Waals surface area contributed by atoms with Crippen LogP contribution in [-0.4, -0.2) is 26.0 Å². The Labute approximate surface area is 119 Å². The highest BCUT2D eigenvalue weighted by Gasteiger charge is 2.12. The van der Waals surface area contributed by atoms with Crippen LogP contribution in [0.4, 0.5) is 0 Å². The van der Waals surface area contributed by atoms with E-state index in [1.807, 2.05) is 0 Å². The van der Waals surface area contributed by atoms with Gasteiger partial charge in [0.05, 0.1) is 11.3 Å². The Balaban J connectivity index is 2.56. The van der Waals surface area contributed by atoms with Gasteiger partial charge < -0.3 is 5.11 Å². The van der Waals surface area contributed by atoms with E-state index < -0.39 is 16.0 Å². The average Bonchev–Trinajstić information content (AvgIpc) is 2.38. The standard InChI is InChI=1S/C14H17NO4S/c1-2-3-4-5-9-15-20(18,19)11-12-7-6-8-13(10-12)14(16)17/h1,6-8,10,15H,3-5,9,11H2,(H,16,17). The maximum absolute atomic E-state index is 11.8. The fraction of sp³-hybridized carbons (Fsp3) is 0.357. The van der Waals surface area contributed by atoms with Gasteiger partial charge in [0, 0.05) is 13.0 Å². The van der Waals surface area contributed by atoms with Crippen molar-refractivity contribution in [3.63, 3.8) is 0 Å². The summed E-state index contributed by atoms with van der Waals surface area (Å²) >= 11 is 0.